The van der Waals surface area contributed by atoms with Gasteiger partial charge in [0.1, 0.15) is 4.21 Å². The molecule has 0 spiro atoms. The fourth-order valence-corrected chi connectivity index (χ4v) is 4.84. The zero-order chi connectivity index (χ0) is 11.9. The van der Waals surface area contributed by atoms with Gasteiger partial charge in [0.05, 0.1) is 9.77 Å². The van der Waals surface area contributed by atoms with Crippen molar-refractivity contribution in [3.05, 3.63) is 11.6 Å². The molecule has 0 saturated heterocycles. The number of nitrogens with one attached hydrogen (secondary N) is 1. The van der Waals surface area contributed by atoms with E-state index in [0.29, 0.717) is 16.3 Å². The summed E-state index contributed by atoms with van der Waals surface area (Å²) in [6.45, 7) is 2.55. The maximum atomic E-state index is 11.6. The number of amides is 1. The molecular formula is C8H10N2O3S3. The molecule has 3 N–H and O–H groups in total. The van der Waals surface area contributed by atoms with E-state index in [1.165, 1.54) is 17.8 Å². The quantitative estimate of drug-likeness (QED) is 0.788. The minimum Gasteiger partial charge on any atom is -0.351 e. The topological polar surface area (TPSA) is 89.3 Å². The minimum absolute atomic E-state index is 0.0363. The van der Waals surface area contributed by atoms with Crippen molar-refractivity contribution in [1.29, 1.82) is 0 Å². The van der Waals surface area contributed by atoms with Crippen LogP contribution in [0.1, 0.15) is 17.3 Å². The van der Waals surface area contributed by atoms with Crippen LogP contribution in [0, 0.1) is 0 Å². The number of thiophene rings is 1. The Morgan fingerprint density at radius 1 is 1.56 bits per heavy atom. The van der Waals surface area contributed by atoms with Gasteiger partial charge in [-0.05, 0) is 6.07 Å². The van der Waals surface area contributed by atoms with Crippen molar-refractivity contribution in [2.45, 2.75) is 20.6 Å². The molecule has 88 valence electrons. The van der Waals surface area contributed by atoms with E-state index in [1.807, 2.05) is 6.92 Å². The van der Waals surface area contributed by atoms with Crippen LogP contribution in [0.4, 0.5) is 0 Å². The Balaban J connectivity index is 2.51. The molecule has 0 bridgehead atoms. The second kappa shape index (κ2) is 4.02. The second-order valence-corrected chi connectivity index (χ2v) is 8.00. The lowest BCUT2D eigenvalue weighted by atomic mass is 10.3. The van der Waals surface area contributed by atoms with Gasteiger partial charge >= 0.3 is 0 Å². The molecule has 16 heavy (non-hydrogen) atoms. The Bertz CT molecular complexity index is 535. The summed E-state index contributed by atoms with van der Waals surface area (Å²) in [6.07, 6.45) is 0. The third kappa shape index (κ3) is 2.24. The van der Waals surface area contributed by atoms with Gasteiger partial charge in [-0.2, -0.15) is 0 Å². The molecule has 1 unspecified atom stereocenters. The summed E-state index contributed by atoms with van der Waals surface area (Å²) in [5.41, 5.74) is 0.406. The van der Waals surface area contributed by atoms with E-state index in [-0.39, 0.29) is 15.4 Å². The molecule has 1 aromatic heterocycles. The van der Waals surface area contributed by atoms with Crippen molar-refractivity contribution in [1.82, 2.24) is 5.32 Å². The average Bonchev–Trinajstić information content (AvgIpc) is 2.52. The Morgan fingerprint density at radius 3 is 2.88 bits per heavy atom. The van der Waals surface area contributed by atoms with Crippen LogP contribution >= 0.6 is 23.1 Å². The first-order valence-corrected chi connectivity index (χ1v) is 7.73. The monoisotopic (exact) mass is 278 g/mol. The fraction of sp³-hybridized carbons (Fsp3) is 0.375. The van der Waals surface area contributed by atoms with Crippen LogP contribution < -0.4 is 10.5 Å². The van der Waals surface area contributed by atoms with Crippen LogP contribution in [0.5, 0.6) is 0 Å². The van der Waals surface area contributed by atoms with E-state index in [2.05, 4.69) is 5.32 Å². The van der Waals surface area contributed by atoms with Crippen LogP contribution in [0.2, 0.25) is 0 Å². The normalized spacial score (nSPS) is 21.1. The molecular weight excluding hydrogens is 268 g/mol. The number of hydrogen-bond acceptors (Lipinski definition) is 5. The second-order valence-electron chi connectivity index (χ2n) is 3.45. The maximum absolute atomic E-state index is 11.6. The van der Waals surface area contributed by atoms with Gasteiger partial charge in [0.15, 0.2) is 0 Å². The Hall–Kier alpha value is -0.570. The third-order valence-corrected chi connectivity index (χ3v) is 5.95. The van der Waals surface area contributed by atoms with Gasteiger partial charge in [-0.3, -0.25) is 4.79 Å². The highest BCUT2D eigenvalue weighted by molar-refractivity contribution is 8.02. The number of thioether (sulfide) groups is 1. The molecule has 2 rings (SSSR count). The van der Waals surface area contributed by atoms with Crippen LogP contribution in [0.3, 0.4) is 0 Å². The van der Waals surface area contributed by atoms with Gasteiger partial charge < -0.3 is 5.32 Å². The summed E-state index contributed by atoms with van der Waals surface area (Å²) >= 11 is 2.54. The Labute approximate surface area is 101 Å². The number of sulfonamides is 1. The van der Waals surface area contributed by atoms with Gasteiger partial charge in [0.2, 0.25) is 10.0 Å². The van der Waals surface area contributed by atoms with Gasteiger partial charge in [0, 0.05) is 11.8 Å². The van der Waals surface area contributed by atoms with Crippen molar-refractivity contribution < 1.29 is 13.2 Å². The third-order valence-electron chi connectivity index (χ3n) is 2.06. The lowest BCUT2D eigenvalue weighted by Gasteiger charge is -2.04. The smallest absolute Gasteiger partial charge is 0.253 e. The molecule has 1 atom stereocenters. The highest BCUT2D eigenvalue weighted by atomic mass is 32.3. The summed E-state index contributed by atoms with van der Waals surface area (Å²) < 4.78 is 23.1. The maximum Gasteiger partial charge on any atom is 0.253 e. The number of rotatable bonds is 1. The predicted molar refractivity (Wildman–Crippen MR) is 63.3 cm³/mol. The molecule has 0 radical (unpaired) electrons. The summed E-state index contributed by atoms with van der Waals surface area (Å²) in [5, 5.41) is 7.98. The molecule has 2 heterocycles. The SMILES string of the molecule is CC1CNC(=O)c2cc(S(N)(=O)=O)sc2S1. The number of carbonyl (C=O) groups is 1. The minimum atomic E-state index is -3.72. The first-order chi connectivity index (χ1) is 7.38. The molecule has 0 saturated carbocycles. The van der Waals surface area contributed by atoms with Crippen LogP contribution in [-0.4, -0.2) is 26.1 Å². The summed E-state index contributed by atoms with van der Waals surface area (Å²) in [6, 6.07) is 1.34. The van der Waals surface area contributed by atoms with E-state index >= 15 is 0 Å². The van der Waals surface area contributed by atoms with Gasteiger partial charge in [0.25, 0.3) is 5.91 Å². The highest BCUT2D eigenvalue weighted by Gasteiger charge is 2.25. The molecule has 1 aliphatic rings. The molecule has 5 nitrogen and oxygen atoms in total. The standard InChI is InChI=1S/C8H10N2O3S3/c1-4-3-10-7(11)5-2-6(16(9,12)13)15-8(5)14-4/h2,4H,3H2,1H3,(H,10,11)(H2,9,12,13). The molecule has 0 aromatic carbocycles. The van der Waals surface area contributed by atoms with E-state index < -0.39 is 10.0 Å². The number of hydrogen-bond donors (Lipinski definition) is 2. The van der Waals surface area contributed by atoms with E-state index in [9.17, 15) is 13.2 Å². The van der Waals surface area contributed by atoms with Gasteiger partial charge in [-0.1, -0.05) is 6.92 Å². The summed E-state index contributed by atoms with van der Waals surface area (Å²) in [7, 11) is -3.72. The predicted octanol–water partition coefficient (Wildman–Crippen LogP) is 0.620. The van der Waals surface area contributed by atoms with E-state index in [0.717, 1.165) is 11.3 Å². The Kier molecular flexibility index (Phi) is 2.99. The van der Waals surface area contributed by atoms with Crippen molar-refractivity contribution in [2.75, 3.05) is 6.54 Å². The first kappa shape index (κ1) is 11.9. The van der Waals surface area contributed by atoms with Crippen molar-refractivity contribution in [3.8, 4) is 0 Å². The van der Waals surface area contributed by atoms with E-state index in [1.54, 1.807) is 0 Å². The first-order valence-electron chi connectivity index (χ1n) is 4.49. The van der Waals surface area contributed by atoms with Crippen molar-refractivity contribution in [2.24, 2.45) is 5.14 Å². The zero-order valence-corrected chi connectivity index (χ0v) is 10.8. The summed E-state index contributed by atoms with van der Waals surface area (Å²) in [4.78, 5) is 11.6. The molecule has 1 amide bonds. The van der Waals surface area contributed by atoms with Crippen molar-refractivity contribution >= 4 is 39.0 Å². The molecule has 1 aliphatic heterocycles. The van der Waals surface area contributed by atoms with Crippen LogP contribution in [0.15, 0.2) is 14.5 Å². The lowest BCUT2D eigenvalue weighted by Crippen LogP contribution is -2.26. The van der Waals surface area contributed by atoms with Gasteiger partial charge in [-0.15, -0.1) is 23.1 Å². The number of primary sulfonamides is 1. The summed E-state index contributed by atoms with van der Waals surface area (Å²) in [5.74, 6) is -0.238. The number of carbonyl (C=O) groups excluding carboxylic acids is 1. The van der Waals surface area contributed by atoms with Gasteiger partial charge in [-0.25, -0.2) is 13.6 Å². The lowest BCUT2D eigenvalue weighted by molar-refractivity contribution is 0.0953. The fourth-order valence-electron chi connectivity index (χ4n) is 1.29. The van der Waals surface area contributed by atoms with Crippen LogP contribution in [-0.2, 0) is 10.0 Å². The van der Waals surface area contributed by atoms with Crippen LogP contribution in [0.25, 0.3) is 0 Å². The molecule has 0 fully saturated rings. The average molecular weight is 278 g/mol. The zero-order valence-electron chi connectivity index (χ0n) is 8.39. The van der Waals surface area contributed by atoms with Crippen molar-refractivity contribution in [3.63, 3.8) is 0 Å². The molecule has 1 aromatic rings. The number of nitrogens with two attached hydrogens (primary N) is 1. The number of fused-ring (bicyclic) bond motifs is 1. The van der Waals surface area contributed by atoms with E-state index in [4.69, 9.17) is 5.14 Å². The Morgan fingerprint density at radius 2 is 2.25 bits per heavy atom. The molecule has 8 heteroatoms. The highest BCUT2D eigenvalue weighted by Crippen LogP contribution is 2.37. The molecule has 0 aliphatic carbocycles. The largest absolute Gasteiger partial charge is 0.351 e.